The molecule has 0 nitrogen and oxygen atoms in total. The maximum Gasteiger partial charge on any atom is 0.169 e. The molecule has 0 amide bonds. The molecule has 0 saturated carbocycles. The molecule has 13 heavy (non-hydrogen) atoms. The Morgan fingerprint density at radius 1 is 1.00 bits per heavy atom. The highest BCUT2D eigenvalue weighted by molar-refractivity contribution is 6.85. The highest BCUT2D eigenvalue weighted by Gasteiger charge is 2.21. The summed E-state index contributed by atoms with van der Waals surface area (Å²) in [5.74, 6) is 0. The zero-order valence-electron chi connectivity index (χ0n) is 10.5. The van der Waals surface area contributed by atoms with Gasteiger partial charge in [-0.15, -0.1) is 5.47 Å². The quantitative estimate of drug-likeness (QED) is 0.589. The van der Waals surface area contributed by atoms with Crippen molar-refractivity contribution in [3.63, 3.8) is 0 Å². The molecule has 0 aliphatic heterocycles. The fourth-order valence-electron chi connectivity index (χ4n) is 1.80. The summed E-state index contributed by atoms with van der Waals surface area (Å²) in [6, 6.07) is 0. The minimum Gasteiger partial charge on any atom is -0.109 e. The molecular weight excluding hydrogens is 171 g/mol. The van der Waals surface area contributed by atoms with Gasteiger partial charge < -0.3 is 0 Å². The van der Waals surface area contributed by atoms with Crippen LogP contribution in [0.2, 0.25) is 32.3 Å². The van der Waals surface area contributed by atoms with Crippen LogP contribution in [-0.2, 0) is 0 Å². The second-order valence-electron chi connectivity index (χ2n) is 5.07. The zero-order chi connectivity index (χ0) is 10.6. The fourth-order valence-corrected chi connectivity index (χ4v) is 3.19. The van der Waals surface area contributed by atoms with E-state index < -0.39 is 8.07 Å². The van der Waals surface area contributed by atoms with Crippen molar-refractivity contribution >= 4 is 14.8 Å². The predicted octanol–water partition coefficient (Wildman–Crippen LogP) is 4.27. The summed E-state index contributed by atoms with van der Waals surface area (Å²) in [7, 11) is -1.04. The molecule has 0 N–H and O–H groups in total. The van der Waals surface area contributed by atoms with E-state index in [1.165, 1.54) is 12.6 Å². The summed E-state index contributed by atoms with van der Waals surface area (Å²) >= 11 is 0. The molecule has 0 heterocycles. The van der Waals surface area contributed by atoms with Crippen LogP contribution in [0.1, 0.15) is 27.7 Å². The minimum atomic E-state index is -1.04. The second-order valence-corrected chi connectivity index (χ2v) is 10.3. The van der Waals surface area contributed by atoms with Crippen LogP contribution in [-0.4, -0.2) is 14.8 Å². The van der Waals surface area contributed by atoms with Gasteiger partial charge in [-0.1, -0.05) is 58.2 Å². The van der Waals surface area contributed by atoms with E-state index in [4.69, 9.17) is 0 Å². The van der Waals surface area contributed by atoms with E-state index in [-0.39, 0.29) is 0 Å². The Balaban J connectivity index is 4.79. The van der Waals surface area contributed by atoms with Crippen molar-refractivity contribution in [2.24, 2.45) is 0 Å². The van der Waals surface area contributed by atoms with Crippen LogP contribution in [0.3, 0.4) is 0 Å². The van der Waals surface area contributed by atoms with Gasteiger partial charge in [-0.05, 0) is 6.92 Å². The summed E-state index contributed by atoms with van der Waals surface area (Å²) in [5.41, 5.74) is 1.67. The van der Waals surface area contributed by atoms with Gasteiger partial charge >= 0.3 is 0 Å². The first-order valence-corrected chi connectivity index (χ1v) is 9.02. The van der Waals surface area contributed by atoms with Crippen LogP contribution in [0.25, 0.3) is 0 Å². The van der Waals surface area contributed by atoms with E-state index in [2.05, 4.69) is 47.3 Å². The van der Waals surface area contributed by atoms with Crippen LogP contribution < -0.4 is 0 Å². The third-order valence-electron chi connectivity index (χ3n) is 3.31. The predicted molar refractivity (Wildman–Crippen MR) is 68.4 cm³/mol. The summed E-state index contributed by atoms with van der Waals surface area (Å²) in [5, 5.41) is 1.71. The first kappa shape index (κ1) is 13.0. The maximum absolute atomic E-state index is 2.44. The second kappa shape index (κ2) is 5.04. The summed E-state index contributed by atoms with van der Waals surface area (Å²) in [6.45, 7) is 17.4. The van der Waals surface area contributed by atoms with E-state index in [9.17, 15) is 0 Å². The summed E-state index contributed by atoms with van der Waals surface area (Å²) in [4.78, 5) is 0. The van der Waals surface area contributed by atoms with Crippen LogP contribution in [0, 0.1) is 0 Å². The van der Waals surface area contributed by atoms with Gasteiger partial charge in [0.1, 0.15) is 0 Å². The molecule has 0 rings (SSSR count). The molecule has 0 unspecified atom stereocenters. The molecule has 0 aliphatic rings. The Hall–Kier alpha value is 0.0218. The Morgan fingerprint density at radius 2 is 1.38 bits per heavy atom. The molecule has 76 valence electrons. The summed E-state index contributed by atoms with van der Waals surface area (Å²) < 4.78 is 0. The lowest BCUT2D eigenvalue weighted by Crippen LogP contribution is -2.27. The maximum atomic E-state index is 2.44. The Morgan fingerprint density at radius 3 is 1.62 bits per heavy atom. The standard InChI is InChI=1S/C11H25BSi/c1-8-12(9-2)10(3)11(4)13(5,6)7/h8-9H2,1-7H3/b11-10-. The highest BCUT2D eigenvalue weighted by atomic mass is 28.3. The first-order valence-electron chi connectivity index (χ1n) is 5.52. The molecule has 0 fully saturated rings. The van der Waals surface area contributed by atoms with Crippen LogP contribution in [0.15, 0.2) is 10.7 Å². The molecule has 0 aliphatic carbocycles. The van der Waals surface area contributed by atoms with Crippen molar-refractivity contribution in [3.8, 4) is 0 Å². The van der Waals surface area contributed by atoms with Gasteiger partial charge in [-0.2, -0.15) is 0 Å². The largest absolute Gasteiger partial charge is 0.169 e. The van der Waals surface area contributed by atoms with Gasteiger partial charge in [0.15, 0.2) is 6.71 Å². The van der Waals surface area contributed by atoms with Crippen LogP contribution in [0.5, 0.6) is 0 Å². The van der Waals surface area contributed by atoms with Gasteiger partial charge in [0, 0.05) is 0 Å². The Bertz CT molecular complexity index is 185. The molecule has 0 bridgehead atoms. The van der Waals surface area contributed by atoms with Crippen LogP contribution in [0.4, 0.5) is 0 Å². The van der Waals surface area contributed by atoms with Crippen molar-refractivity contribution in [1.29, 1.82) is 0 Å². The van der Waals surface area contributed by atoms with Crippen molar-refractivity contribution in [3.05, 3.63) is 10.7 Å². The molecule has 0 aromatic heterocycles. The van der Waals surface area contributed by atoms with Crippen molar-refractivity contribution in [2.45, 2.75) is 60.0 Å². The molecular formula is C11H25BSi. The van der Waals surface area contributed by atoms with E-state index in [1.54, 1.807) is 10.7 Å². The minimum absolute atomic E-state index is 0.826. The number of allylic oxidation sites excluding steroid dienone is 2. The lowest BCUT2D eigenvalue weighted by Gasteiger charge is -2.23. The van der Waals surface area contributed by atoms with E-state index in [0.717, 1.165) is 6.71 Å². The topological polar surface area (TPSA) is 0 Å². The average molecular weight is 196 g/mol. The van der Waals surface area contributed by atoms with Gasteiger partial charge in [-0.25, -0.2) is 0 Å². The summed E-state index contributed by atoms with van der Waals surface area (Å²) in [6.07, 6.45) is 2.59. The van der Waals surface area contributed by atoms with Crippen molar-refractivity contribution in [1.82, 2.24) is 0 Å². The van der Waals surface area contributed by atoms with Gasteiger partial charge in [0.25, 0.3) is 0 Å². The highest BCUT2D eigenvalue weighted by Crippen LogP contribution is 2.22. The smallest absolute Gasteiger partial charge is 0.109 e. The van der Waals surface area contributed by atoms with Gasteiger partial charge in [0.05, 0.1) is 8.07 Å². The van der Waals surface area contributed by atoms with Gasteiger partial charge in [-0.3, -0.25) is 0 Å². The Labute approximate surface area is 85.9 Å². The molecule has 0 aromatic rings. The van der Waals surface area contributed by atoms with Crippen molar-refractivity contribution < 1.29 is 0 Å². The molecule has 2 heteroatoms. The van der Waals surface area contributed by atoms with Crippen LogP contribution >= 0.6 is 0 Å². The molecule has 0 spiro atoms. The number of hydrogen-bond donors (Lipinski definition) is 0. The number of rotatable bonds is 4. The molecule has 0 radical (unpaired) electrons. The molecule has 0 aromatic carbocycles. The monoisotopic (exact) mass is 196 g/mol. The Kier molecular flexibility index (Phi) is 5.05. The lowest BCUT2D eigenvalue weighted by molar-refractivity contribution is 1.28. The van der Waals surface area contributed by atoms with Crippen molar-refractivity contribution in [2.75, 3.05) is 0 Å². The number of hydrogen-bond acceptors (Lipinski definition) is 0. The SMILES string of the molecule is CCB(CC)/C(C)=C(/C)[Si](C)(C)C. The third-order valence-corrected chi connectivity index (χ3v) is 5.96. The lowest BCUT2D eigenvalue weighted by atomic mass is 9.41. The molecule has 0 saturated heterocycles. The fraction of sp³-hybridized carbons (Fsp3) is 0.818. The van der Waals surface area contributed by atoms with E-state index >= 15 is 0 Å². The molecule has 0 atom stereocenters. The first-order chi connectivity index (χ1) is 5.84. The van der Waals surface area contributed by atoms with E-state index in [1.807, 2.05) is 0 Å². The normalized spacial score (nSPS) is 14.1. The average Bonchev–Trinajstić information content (AvgIpc) is 2.03. The third kappa shape index (κ3) is 3.72. The zero-order valence-corrected chi connectivity index (χ0v) is 11.5. The van der Waals surface area contributed by atoms with Gasteiger partial charge in [0.2, 0.25) is 0 Å². The van der Waals surface area contributed by atoms with E-state index in [0.29, 0.717) is 0 Å².